The van der Waals surface area contributed by atoms with E-state index in [0.717, 1.165) is 12.7 Å². The predicted molar refractivity (Wildman–Crippen MR) is 93.5 cm³/mol. The summed E-state index contributed by atoms with van der Waals surface area (Å²) in [7, 11) is -1.86. The van der Waals surface area contributed by atoms with Gasteiger partial charge in [0.25, 0.3) is 0 Å². The normalized spacial score (nSPS) is 12.9. The second-order valence-electron chi connectivity index (χ2n) is 5.67. The fourth-order valence-electron chi connectivity index (χ4n) is 2.44. The maximum absolute atomic E-state index is 12.1. The minimum atomic E-state index is -3.47. The molecule has 0 fully saturated rings. The van der Waals surface area contributed by atoms with Crippen molar-refractivity contribution in [3.05, 3.63) is 18.2 Å². The van der Waals surface area contributed by atoms with Crippen molar-refractivity contribution in [1.29, 1.82) is 0 Å². The summed E-state index contributed by atoms with van der Waals surface area (Å²) in [6, 6.07) is 4.98. The van der Waals surface area contributed by atoms with Crippen LogP contribution in [0.4, 0.5) is 5.69 Å². The first-order chi connectivity index (χ1) is 11.9. The molecule has 2 rings (SSSR count). The second kappa shape index (κ2) is 8.91. The van der Waals surface area contributed by atoms with Crippen LogP contribution < -0.4 is 19.1 Å². The number of amides is 1. The van der Waals surface area contributed by atoms with Crippen molar-refractivity contribution in [2.75, 3.05) is 44.2 Å². The Hall–Kier alpha value is -2.00. The summed E-state index contributed by atoms with van der Waals surface area (Å²) in [5.41, 5.74) is 0.493. The Bertz CT molecular complexity index is 692. The molecule has 8 nitrogen and oxygen atoms in total. The number of nitrogens with zero attached hydrogens (tertiary/aromatic N) is 1. The van der Waals surface area contributed by atoms with Crippen LogP contribution >= 0.6 is 0 Å². The Morgan fingerprint density at radius 3 is 2.76 bits per heavy atom. The number of carbonyl (C=O) groups excluding carboxylic acids is 1. The van der Waals surface area contributed by atoms with E-state index >= 15 is 0 Å². The van der Waals surface area contributed by atoms with Gasteiger partial charge in [-0.1, -0.05) is 0 Å². The minimum absolute atomic E-state index is 0.102. The van der Waals surface area contributed by atoms with Gasteiger partial charge in [0.05, 0.1) is 11.9 Å². The zero-order chi connectivity index (χ0) is 18.3. The van der Waals surface area contributed by atoms with Crippen LogP contribution in [0.25, 0.3) is 0 Å². The number of methoxy groups -OCH3 is 1. The lowest BCUT2D eigenvalue weighted by atomic mass is 10.2. The number of hydrogen-bond donors (Lipinski definition) is 1. The van der Waals surface area contributed by atoms with Crippen LogP contribution in [-0.4, -0.2) is 54.2 Å². The van der Waals surface area contributed by atoms with E-state index in [0.29, 0.717) is 36.8 Å². The van der Waals surface area contributed by atoms with E-state index < -0.39 is 10.0 Å². The van der Waals surface area contributed by atoms with Gasteiger partial charge in [0, 0.05) is 39.3 Å². The van der Waals surface area contributed by atoms with E-state index in [9.17, 15) is 13.2 Å². The van der Waals surface area contributed by atoms with E-state index in [2.05, 4.69) is 5.32 Å². The molecule has 0 radical (unpaired) electrons. The molecule has 140 valence electrons. The Labute approximate surface area is 148 Å². The Balaban J connectivity index is 1.90. The molecule has 0 bridgehead atoms. The van der Waals surface area contributed by atoms with Crippen molar-refractivity contribution in [2.45, 2.75) is 19.3 Å². The maximum atomic E-state index is 12.1. The lowest BCUT2D eigenvalue weighted by Crippen LogP contribution is -2.32. The van der Waals surface area contributed by atoms with Crippen LogP contribution in [0.2, 0.25) is 0 Å². The molecule has 0 aliphatic carbocycles. The molecule has 0 spiro atoms. The third kappa shape index (κ3) is 5.79. The van der Waals surface area contributed by atoms with Crippen molar-refractivity contribution < 1.29 is 27.4 Å². The molecular weight excluding hydrogens is 348 g/mol. The maximum Gasteiger partial charge on any atom is 0.232 e. The van der Waals surface area contributed by atoms with E-state index in [1.807, 2.05) is 0 Å². The lowest BCUT2D eigenvalue weighted by Gasteiger charge is -2.22. The SMILES string of the molecule is COCCCNC(=O)CCCN(c1ccc2c(c1)OCO2)S(C)(=O)=O. The fourth-order valence-corrected chi connectivity index (χ4v) is 3.40. The Morgan fingerprint density at radius 2 is 2.04 bits per heavy atom. The van der Waals surface area contributed by atoms with Crippen molar-refractivity contribution in [3.8, 4) is 11.5 Å². The molecule has 1 aliphatic heterocycles. The van der Waals surface area contributed by atoms with Gasteiger partial charge in [-0.2, -0.15) is 0 Å². The van der Waals surface area contributed by atoms with Gasteiger partial charge >= 0.3 is 0 Å². The highest BCUT2D eigenvalue weighted by Crippen LogP contribution is 2.36. The number of ether oxygens (including phenoxy) is 3. The molecule has 0 atom stereocenters. The quantitative estimate of drug-likeness (QED) is 0.619. The molecule has 25 heavy (non-hydrogen) atoms. The summed E-state index contributed by atoms with van der Waals surface area (Å²) in [6.07, 6.45) is 2.55. The average molecular weight is 372 g/mol. The lowest BCUT2D eigenvalue weighted by molar-refractivity contribution is -0.121. The summed E-state index contributed by atoms with van der Waals surface area (Å²) in [5, 5.41) is 2.78. The third-order valence-electron chi connectivity index (χ3n) is 3.66. The van der Waals surface area contributed by atoms with Gasteiger partial charge in [-0.3, -0.25) is 9.10 Å². The number of sulfonamides is 1. The minimum Gasteiger partial charge on any atom is -0.454 e. The monoisotopic (exact) mass is 372 g/mol. The van der Waals surface area contributed by atoms with Crippen LogP contribution in [0.5, 0.6) is 11.5 Å². The smallest absolute Gasteiger partial charge is 0.232 e. The largest absolute Gasteiger partial charge is 0.454 e. The van der Waals surface area contributed by atoms with Gasteiger partial charge in [0.15, 0.2) is 11.5 Å². The topological polar surface area (TPSA) is 94.2 Å². The van der Waals surface area contributed by atoms with Crippen LogP contribution in [0.1, 0.15) is 19.3 Å². The average Bonchev–Trinajstić information content (AvgIpc) is 3.02. The van der Waals surface area contributed by atoms with Gasteiger partial charge in [0.2, 0.25) is 22.7 Å². The number of rotatable bonds is 10. The second-order valence-corrected chi connectivity index (χ2v) is 7.58. The molecular formula is C16H24N2O6S. The first-order valence-corrected chi connectivity index (χ1v) is 9.89. The molecule has 1 aromatic carbocycles. The van der Waals surface area contributed by atoms with Crippen LogP contribution in [0.15, 0.2) is 18.2 Å². The number of carbonyl (C=O) groups is 1. The summed E-state index contributed by atoms with van der Waals surface area (Å²) in [4.78, 5) is 11.8. The van der Waals surface area contributed by atoms with Crippen LogP contribution in [0.3, 0.4) is 0 Å². The molecule has 1 N–H and O–H groups in total. The standard InChI is InChI=1S/C16H24N2O6S/c1-22-10-4-8-17-16(19)5-3-9-18(25(2,20)21)13-6-7-14-15(11-13)24-12-23-14/h6-7,11H,3-5,8-10,12H2,1-2H3,(H,17,19). The van der Waals surface area contributed by atoms with E-state index in [1.165, 1.54) is 4.31 Å². The molecule has 0 unspecified atom stereocenters. The van der Waals surface area contributed by atoms with Gasteiger partial charge in [-0.15, -0.1) is 0 Å². The molecule has 1 aliphatic rings. The first-order valence-electron chi connectivity index (χ1n) is 8.05. The number of benzene rings is 1. The molecule has 1 amide bonds. The zero-order valence-electron chi connectivity index (χ0n) is 14.5. The summed E-state index contributed by atoms with van der Waals surface area (Å²) in [5.74, 6) is 1.00. The molecule has 1 aromatic rings. The highest BCUT2D eigenvalue weighted by atomic mass is 32.2. The van der Waals surface area contributed by atoms with Gasteiger partial charge in [-0.05, 0) is 25.0 Å². The highest BCUT2D eigenvalue weighted by molar-refractivity contribution is 7.92. The Kier molecular flexibility index (Phi) is 6.89. The molecule has 9 heteroatoms. The van der Waals surface area contributed by atoms with Crippen molar-refractivity contribution in [2.24, 2.45) is 0 Å². The molecule has 0 aromatic heterocycles. The van der Waals surface area contributed by atoms with E-state index in [4.69, 9.17) is 14.2 Å². The van der Waals surface area contributed by atoms with E-state index in [-0.39, 0.29) is 25.7 Å². The zero-order valence-corrected chi connectivity index (χ0v) is 15.3. The fraction of sp³-hybridized carbons (Fsp3) is 0.562. The Morgan fingerprint density at radius 1 is 1.28 bits per heavy atom. The van der Waals surface area contributed by atoms with Crippen molar-refractivity contribution in [1.82, 2.24) is 5.32 Å². The number of anilines is 1. The van der Waals surface area contributed by atoms with Gasteiger partial charge in [0.1, 0.15) is 0 Å². The summed E-state index contributed by atoms with van der Waals surface area (Å²) < 4.78 is 40.9. The number of fused-ring (bicyclic) bond motifs is 1. The number of nitrogens with one attached hydrogen (secondary N) is 1. The van der Waals surface area contributed by atoms with Crippen molar-refractivity contribution >= 4 is 21.6 Å². The van der Waals surface area contributed by atoms with Gasteiger partial charge in [-0.25, -0.2) is 8.42 Å². The van der Waals surface area contributed by atoms with E-state index in [1.54, 1.807) is 25.3 Å². The third-order valence-corrected chi connectivity index (χ3v) is 4.85. The predicted octanol–water partition coefficient (Wildman–Crippen LogP) is 1.11. The summed E-state index contributed by atoms with van der Waals surface area (Å²) in [6.45, 7) is 1.47. The van der Waals surface area contributed by atoms with Crippen LogP contribution in [-0.2, 0) is 19.6 Å². The first kappa shape index (κ1) is 19.3. The highest BCUT2D eigenvalue weighted by Gasteiger charge is 2.21. The van der Waals surface area contributed by atoms with Crippen LogP contribution in [0, 0.1) is 0 Å². The van der Waals surface area contributed by atoms with Gasteiger partial charge < -0.3 is 19.5 Å². The summed E-state index contributed by atoms with van der Waals surface area (Å²) >= 11 is 0. The van der Waals surface area contributed by atoms with Crippen molar-refractivity contribution in [3.63, 3.8) is 0 Å². The number of hydrogen-bond acceptors (Lipinski definition) is 6. The molecule has 1 heterocycles. The molecule has 0 saturated heterocycles. The molecule has 0 saturated carbocycles.